The van der Waals surface area contributed by atoms with Gasteiger partial charge in [-0.25, -0.2) is 8.78 Å². The van der Waals surface area contributed by atoms with Gasteiger partial charge in [0, 0.05) is 0 Å². The highest BCUT2D eigenvalue weighted by atomic mass is 79.9. The number of carbonyl (C=O) groups excluding carboxylic acids is 1. The first-order valence-electron chi connectivity index (χ1n) is 3.76. The van der Waals surface area contributed by atoms with Gasteiger partial charge in [0.05, 0.1) is 10.4 Å². The van der Waals surface area contributed by atoms with E-state index in [9.17, 15) is 13.6 Å². The van der Waals surface area contributed by atoms with Crippen LogP contribution in [-0.4, -0.2) is 10.6 Å². The van der Waals surface area contributed by atoms with Crippen LogP contribution >= 0.6 is 15.9 Å². The normalized spacial score (nSPS) is 20.5. The van der Waals surface area contributed by atoms with Crippen molar-refractivity contribution in [3.63, 3.8) is 0 Å². The summed E-state index contributed by atoms with van der Waals surface area (Å²) in [7, 11) is 0. The Morgan fingerprint density at radius 2 is 2.08 bits per heavy atom. The standard InChI is InChI=1S/C9H5BrF2O/c10-5-3-4-1-2-6(11)8(12)7(4)9(5)13/h1-2,5H,3H2. The Hall–Kier alpha value is -0.770. The van der Waals surface area contributed by atoms with Crippen LogP contribution in [-0.2, 0) is 6.42 Å². The van der Waals surface area contributed by atoms with E-state index in [1.54, 1.807) is 0 Å². The number of fused-ring (bicyclic) bond motifs is 1. The lowest BCUT2D eigenvalue weighted by molar-refractivity contribution is 0.0998. The molecule has 1 unspecified atom stereocenters. The van der Waals surface area contributed by atoms with Crippen LogP contribution < -0.4 is 0 Å². The van der Waals surface area contributed by atoms with Gasteiger partial charge in [-0.2, -0.15) is 0 Å². The molecule has 0 saturated heterocycles. The van der Waals surface area contributed by atoms with Gasteiger partial charge >= 0.3 is 0 Å². The van der Waals surface area contributed by atoms with Crippen molar-refractivity contribution in [1.29, 1.82) is 0 Å². The number of halogens is 3. The Kier molecular flexibility index (Phi) is 1.95. The van der Waals surface area contributed by atoms with Gasteiger partial charge in [0.2, 0.25) is 0 Å². The average molecular weight is 247 g/mol. The van der Waals surface area contributed by atoms with Crippen molar-refractivity contribution >= 4 is 21.7 Å². The van der Waals surface area contributed by atoms with Crippen LogP contribution in [0.2, 0.25) is 0 Å². The number of Topliss-reactive ketones (excluding diaryl/α,β-unsaturated/α-hetero) is 1. The predicted octanol–water partition coefficient (Wildman–Crippen LogP) is 2.47. The fourth-order valence-electron chi connectivity index (χ4n) is 1.47. The third-order valence-corrected chi connectivity index (χ3v) is 2.85. The zero-order valence-electron chi connectivity index (χ0n) is 6.48. The first kappa shape index (κ1) is 8.81. The zero-order chi connectivity index (χ0) is 9.59. The molecule has 0 spiro atoms. The number of ketones is 1. The molecule has 0 saturated carbocycles. The summed E-state index contributed by atoms with van der Waals surface area (Å²) in [5.74, 6) is -2.36. The maximum atomic E-state index is 13.1. The molecular formula is C9H5BrF2O. The Bertz CT molecular complexity index is 389. The highest BCUT2D eigenvalue weighted by Gasteiger charge is 2.32. The smallest absolute Gasteiger partial charge is 0.180 e. The molecule has 1 aromatic rings. The van der Waals surface area contributed by atoms with Gasteiger partial charge in [-0.1, -0.05) is 22.0 Å². The number of alkyl halides is 1. The van der Waals surface area contributed by atoms with Crippen LogP contribution in [0.3, 0.4) is 0 Å². The Morgan fingerprint density at radius 1 is 1.38 bits per heavy atom. The maximum absolute atomic E-state index is 13.1. The molecule has 1 aromatic carbocycles. The van der Waals surface area contributed by atoms with Crippen LogP contribution in [0.4, 0.5) is 8.78 Å². The highest BCUT2D eigenvalue weighted by molar-refractivity contribution is 9.10. The molecule has 4 heteroatoms. The fraction of sp³-hybridized carbons (Fsp3) is 0.222. The molecule has 1 aliphatic carbocycles. The van der Waals surface area contributed by atoms with Crippen molar-refractivity contribution in [2.24, 2.45) is 0 Å². The van der Waals surface area contributed by atoms with E-state index in [0.717, 1.165) is 6.07 Å². The Balaban J connectivity index is 2.66. The largest absolute Gasteiger partial charge is 0.293 e. The molecular weight excluding hydrogens is 242 g/mol. The molecule has 2 rings (SSSR count). The van der Waals surface area contributed by atoms with Crippen molar-refractivity contribution in [2.45, 2.75) is 11.2 Å². The second kappa shape index (κ2) is 2.87. The minimum absolute atomic E-state index is 0.0955. The lowest BCUT2D eigenvalue weighted by atomic mass is 10.1. The zero-order valence-corrected chi connectivity index (χ0v) is 8.07. The van der Waals surface area contributed by atoms with E-state index in [0.29, 0.717) is 12.0 Å². The molecule has 0 bridgehead atoms. The lowest BCUT2D eigenvalue weighted by Crippen LogP contribution is -2.08. The first-order chi connectivity index (χ1) is 6.11. The maximum Gasteiger partial charge on any atom is 0.180 e. The molecule has 1 nitrogen and oxygen atoms in total. The third-order valence-electron chi connectivity index (χ3n) is 2.11. The van der Waals surface area contributed by atoms with Crippen molar-refractivity contribution in [2.75, 3.05) is 0 Å². The molecule has 0 radical (unpaired) electrons. The van der Waals surface area contributed by atoms with Gasteiger partial charge in [-0.3, -0.25) is 4.79 Å². The van der Waals surface area contributed by atoms with Gasteiger partial charge in [0.1, 0.15) is 0 Å². The molecule has 1 atom stereocenters. The van der Waals surface area contributed by atoms with Crippen LogP contribution in [0.15, 0.2) is 12.1 Å². The van der Waals surface area contributed by atoms with Crippen LogP contribution in [0.1, 0.15) is 15.9 Å². The molecule has 0 N–H and O–H groups in total. The van der Waals surface area contributed by atoms with Gasteiger partial charge in [0.15, 0.2) is 17.4 Å². The SMILES string of the molecule is O=C1c2c(ccc(F)c2F)CC1Br. The summed E-state index contributed by atoms with van der Waals surface area (Å²) in [6.07, 6.45) is 0.436. The molecule has 0 aliphatic heterocycles. The number of hydrogen-bond acceptors (Lipinski definition) is 1. The second-order valence-electron chi connectivity index (χ2n) is 2.93. The first-order valence-corrected chi connectivity index (χ1v) is 4.68. The van der Waals surface area contributed by atoms with Gasteiger partial charge < -0.3 is 0 Å². The summed E-state index contributed by atoms with van der Waals surface area (Å²) < 4.78 is 25.8. The quantitative estimate of drug-likeness (QED) is 0.643. The van der Waals surface area contributed by atoms with Crippen molar-refractivity contribution < 1.29 is 13.6 Å². The van der Waals surface area contributed by atoms with Gasteiger partial charge in [-0.15, -0.1) is 0 Å². The molecule has 13 heavy (non-hydrogen) atoms. The Morgan fingerprint density at radius 3 is 2.77 bits per heavy atom. The highest BCUT2D eigenvalue weighted by Crippen LogP contribution is 2.29. The van der Waals surface area contributed by atoms with E-state index in [1.165, 1.54) is 6.07 Å². The molecule has 68 valence electrons. The van der Waals surface area contributed by atoms with E-state index in [1.807, 2.05) is 0 Å². The number of carbonyl (C=O) groups is 1. The van der Waals surface area contributed by atoms with E-state index >= 15 is 0 Å². The van der Waals surface area contributed by atoms with Crippen LogP contribution in [0.5, 0.6) is 0 Å². The van der Waals surface area contributed by atoms with Crippen molar-refractivity contribution in [1.82, 2.24) is 0 Å². The molecule has 1 aliphatic rings. The van der Waals surface area contributed by atoms with Crippen LogP contribution in [0.25, 0.3) is 0 Å². The molecule has 0 amide bonds. The topological polar surface area (TPSA) is 17.1 Å². The summed E-state index contributed by atoms with van der Waals surface area (Å²) in [4.78, 5) is 10.9. The van der Waals surface area contributed by atoms with E-state index in [4.69, 9.17) is 0 Å². The van der Waals surface area contributed by atoms with Crippen molar-refractivity contribution in [3.8, 4) is 0 Å². The number of hydrogen-bond donors (Lipinski definition) is 0. The summed E-state index contributed by atoms with van der Waals surface area (Å²) in [6.45, 7) is 0. The Labute approximate surface area is 81.9 Å². The molecule has 0 aromatic heterocycles. The molecule has 0 fully saturated rings. The summed E-state index contributed by atoms with van der Waals surface area (Å²) in [5.41, 5.74) is 0.479. The summed E-state index contributed by atoms with van der Waals surface area (Å²) in [6, 6.07) is 2.50. The number of benzene rings is 1. The lowest BCUT2D eigenvalue weighted by Gasteiger charge is -1.98. The van der Waals surface area contributed by atoms with Gasteiger partial charge in [-0.05, 0) is 18.1 Å². The number of rotatable bonds is 0. The molecule has 0 heterocycles. The minimum Gasteiger partial charge on any atom is -0.293 e. The summed E-state index contributed by atoms with van der Waals surface area (Å²) in [5, 5.41) is 0. The van der Waals surface area contributed by atoms with Gasteiger partial charge in [0.25, 0.3) is 0 Å². The third kappa shape index (κ3) is 1.20. The second-order valence-corrected chi connectivity index (χ2v) is 4.04. The summed E-state index contributed by atoms with van der Waals surface area (Å²) >= 11 is 3.10. The minimum atomic E-state index is -1.02. The average Bonchev–Trinajstić information content (AvgIpc) is 2.37. The monoisotopic (exact) mass is 246 g/mol. The fourth-order valence-corrected chi connectivity index (χ4v) is 2.05. The van der Waals surface area contributed by atoms with E-state index in [2.05, 4.69) is 15.9 Å². The predicted molar refractivity (Wildman–Crippen MR) is 47.1 cm³/mol. The van der Waals surface area contributed by atoms with Crippen LogP contribution in [0, 0.1) is 11.6 Å². The van der Waals surface area contributed by atoms with Crippen molar-refractivity contribution in [3.05, 3.63) is 34.9 Å². The van der Waals surface area contributed by atoms with E-state index in [-0.39, 0.29) is 11.3 Å². The van der Waals surface area contributed by atoms with E-state index < -0.39 is 16.5 Å².